The van der Waals surface area contributed by atoms with Gasteiger partial charge in [-0.3, -0.25) is 0 Å². The normalized spacial score (nSPS) is 24.4. The van der Waals surface area contributed by atoms with Crippen molar-refractivity contribution in [1.82, 2.24) is 0 Å². The van der Waals surface area contributed by atoms with E-state index >= 15 is 0 Å². The smallest absolute Gasteiger partial charge is 0.0911 e. The Morgan fingerprint density at radius 3 is 2.14 bits per heavy atom. The highest BCUT2D eigenvalue weighted by atomic mass is 14.7. The number of hydrogen-bond donors (Lipinski definition) is 0. The zero-order valence-electron chi connectivity index (χ0n) is 10.0. The second kappa shape index (κ2) is 3.42. The first-order valence-corrected chi connectivity index (χ1v) is 5.39. The molecular formula is C13H21N. The van der Waals surface area contributed by atoms with E-state index < -0.39 is 0 Å². The largest absolute Gasteiger partial charge is 0.193 e. The van der Waals surface area contributed by atoms with Gasteiger partial charge in [-0.05, 0) is 36.5 Å². The van der Waals surface area contributed by atoms with Gasteiger partial charge in [-0.1, -0.05) is 33.3 Å². The minimum Gasteiger partial charge on any atom is -0.193 e. The summed E-state index contributed by atoms with van der Waals surface area (Å²) >= 11 is 0. The summed E-state index contributed by atoms with van der Waals surface area (Å²) in [5.74, 6) is 0.817. The lowest BCUT2D eigenvalue weighted by molar-refractivity contribution is 0.457. The van der Waals surface area contributed by atoms with Gasteiger partial charge in [-0.2, -0.15) is 5.26 Å². The average Bonchev–Trinajstić information content (AvgIpc) is 2.41. The van der Waals surface area contributed by atoms with Crippen LogP contribution in [0.2, 0.25) is 0 Å². The van der Waals surface area contributed by atoms with Crippen molar-refractivity contribution in [3.8, 4) is 6.07 Å². The molecule has 1 heteroatoms. The quantitative estimate of drug-likeness (QED) is 0.620. The maximum atomic E-state index is 8.50. The molecule has 1 saturated carbocycles. The van der Waals surface area contributed by atoms with E-state index in [-0.39, 0.29) is 0 Å². The van der Waals surface area contributed by atoms with Crippen molar-refractivity contribution in [2.24, 2.45) is 16.7 Å². The van der Waals surface area contributed by atoms with Gasteiger partial charge < -0.3 is 0 Å². The molecule has 1 aliphatic carbocycles. The molecule has 0 N–H and O–H groups in total. The molecule has 14 heavy (non-hydrogen) atoms. The molecule has 0 unspecified atom stereocenters. The van der Waals surface area contributed by atoms with Crippen molar-refractivity contribution in [1.29, 1.82) is 5.26 Å². The van der Waals surface area contributed by atoms with Crippen LogP contribution in [-0.2, 0) is 0 Å². The van der Waals surface area contributed by atoms with Crippen LogP contribution in [0.25, 0.3) is 0 Å². The van der Waals surface area contributed by atoms with Crippen molar-refractivity contribution < 1.29 is 0 Å². The van der Waals surface area contributed by atoms with E-state index in [2.05, 4.69) is 33.8 Å². The molecule has 0 atom stereocenters. The van der Waals surface area contributed by atoms with Crippen LogP contribution >= 0.6 is 0 Å². The van der Waals surface area contributed by atoms with E-state index in [4.69, 9.17) is 5.26 Å². The van der Waals surface area contributed by atoms with E-state index in [0.29, 0.717) is 10.8 Å². The van der Waals surface area contributed by atoms with Gasteiger partial charge in [-0.15, -0.1) is 0 Å². The van der Waals surface area contributed by atoms with E-state index in [1.165, 1.54) is 12.0 Å². The summed E-state index contributed by atoms with van der Waals surface area (Å²) in [6, 6.07) is 2.09. The highest BCUT2D eigenvalue weighted by Gasteiger charge is 2.63. The molecule has 0 amide bonds. The third kappa shape index (κ3) is 1.71. The lowest BCUT2D eigenvalue weighted by atomic mass is 10.0. The molecule has 78 valence electrons. The summed E-state index contributed by atoms with van der Waals surface area (Å²) in [5.41, 5.74) is 2.19. The number of nitriles is 1. The molecule has 1 fully saturated rings. The van der Waals surface area contributed by atoms with Crippen LogP contribution in [0.1, 0.15) is 47.5 Å². The molecular weight excluding hydrogens is 170 g/mol. The standard InChI is InChI=1S/C13H21N/c1-10(8-9-14)6-7-11-12(2,3)13(11,4)5/h8,11H,6-7H2,1-5H3/b10-8+. The number of allylic oxidation sites excluding steroid dienone is 2. The lowest BCUT2D eigenvalue weighted by Gasteiger charge is -2.04. The van der Waals surface area contributed by atoms with Crippen LogP contribution < -0.4 is 0 Å². The van der Waals surface area contributed by atoms with E-state index in [1.807, 2.05) is 6.92 Å². The number of rotatable bonds is 3. The average molecular weight is 191 g/mol. The third-order valence-electron chi connectivity index (χ3n) is 4.46. The minimum atomic E-state index is 0.486. The predicted molar refractivity (Wildman–Crippen MR) is 59.7 cm³/mol. The van der Waals surface area contributed by atoms with Crippen LogP contribution in [0, 0.1) is 28.1 Å². The molecule has 0 bridgehead atoms. The van der Waals surface area contributed by atoms with Gasteiger partial charge in [0, 0.05) is 6.08 Å². The van der Waals surface area contributed by atoms with Gasteiger partial charge in [0.05, 0.1) is 6.07 Å². The van der Waals surface area contributed by atoms with Crippen LogP contribution in [0.5, 0.6) is 0 Å². The van der Waals surface area contributed by atoms with Gasteiger partial charge >= 0.3 is 0 Å². The van der Waals surface area contributed by atoms with E-state index in [9.17, 15) is 0 Å². The molecule has 1 aliphatic rings. The van der Waals surface area contributed by atoms with Crippen molar-refractivity contribution in [3.63, 3.8) is 0 Å². The molecule has 0 aromatic heterocycles. The third-order valence-corrected chi connectivity index (χ3v) is 4.46. The van der Waals surface area contributed by atoms with Crippen molar-refractivity contribution in [2.45, 2.75) is 47.5 Å². The SMILES string of the molecule is C/C(=C\C#N)CCC1C(C)(C)C1(C)C. The Morgan fingerprint density at radius 2 is 1.79 bits per heavy atom. The Kier molecular flexibility index (Phi) is 2.76. The summed E-state index contributed by atoms with van der Waals surface area (Å²) in [6.07, 6.45) is 3.97. The maximum Gasteiger partial charge on any atom is 0.0911 e. The van der Waals surface area contributed by atoms with Gasteiger partial charge in [0.15, 0.2) is 0 Å². The van der Waals surface area contributed by atoms with Crippen molar-refractivity contribution >= 4 is 0 Å². The highest BCUT2D eigenvalue weighted by Crippen LogP contribution is 2.70. The second-order valence-electron chi connectivity index (χ2n) is 5.65. The minimum absolute atomic E-state index is 0.486. The van der Waals surface area contributed by atoms with E-state index in [0.717, 1.165) is 12.3 Å². The molecule has 1 nitrogen and oxygen atoms in total. The van der Waals surface area contributed by atoms with Crippen LogP contribution in [0.3, 0.4) is 0 Å². The second-order valence-corrected chi connectivity index (χ2v) is 5.65. The van der Waals surface area contributed by atoms with E-state index in [1.54, 1.807) is 6.08 Å². The first kappa shape index (κ1) is 11.3. The highest BCUT2D eigenvalue weighted by molar-refractivity contribution is 5.15. The Labute approximate surface area is 87.8 Å². The van der Waals surface area contributed by atoms with Gasteiger partial charge in [0.1, 0.15) is 0 Å². The first-order chi connectivity index (χ1) is 6.34. The zero-order chi connectivity index (χ0) is 11.0. The van der Waals surface area contributed by atoms with Crippen LogP contribution in [-0.4, -0.2) is 0 Å². The number of nitrogens with zero attached hydrogens (tertiary/aromatic N) is 1. The molecule has 1 rings (SSSR count). The molecule has 0 aromatic carbocycles. The molecule has 0 radical (unpaired) electrons. The Balaban J connectivity index is 2.44. The fraction of sp³-hybridized carbons (Fsp3) is 0.769. The van der Waals surface area contributed by atoms with Gasteiger partial charge in [0.2, 0.25) is 0 Å². The predicted octanol–water partition coefficient (Wildman–Crippen LogP) is 3.92. The maximum absolute atomic E-state index is 8.50. The molecule has 0 saturated heterocycles. The fourth-order valence-corrected chi connectivity index (χ4v) is 2.61. The zero-order valence-corrected chi connectivity index (χ0v) is 10.0. The Hall–Kier alpha value is -0.770. The van der Waals surface area contributed by atoms with Crippen molar-refractivity contribution in [2.75, 3.05) is 0 Å². The van der Waals surface area contributed by atoms with Gasteiger partial charge in [-0.25, -0.2) is 0 Å². The molecule has 0 spiro atoms. The summed E-state index contributed by atoms with van der Waals surface area (Å²) in [5, 5.41) is 8.50. The van der Waals surface area contributed by atoms with Gasteiger partial charge in [0.25, 0.3) is 0 Å². The lowest BCUT2D eigenvalue weighted by Crippen LogP contribution is -1.95. The summed E-state index contributed by atoms with van der Waals surface area (Å²) in [4.78, 5) is 0. The summed E-state index contributed by atoms with van der Waals surface area (Å²) in [7, 11) is 0. The topological polar surface area (TPSA) is 23.8 Å². The Bertz CT molecular complexity index is 275. The molecule has 0 heterocycles. The summed E-state index contributed by atoms with van der Waals surface area (Å²) in [6.45, 7) is 11.4. The summed E-state index contributed by atoms with van der Waals surface area (Å²) < 4.78 is 0. The Morgan fingerprint density at radius 1 is 1.29 bits per heavy atom. The molecule has 0 aromatic rings. The fourth-order valence-electron chi connectivity index (χ4n) is 2.61. The van der Waals surface area contributed by atoms with Crippen LogP contribution in [0.4, 0.5) is 0 Å². The first-order valence-electron chi connectivity index (χ1n) is 5.39. The monoisotopic (exact) mass is 191 g/mol. The number of hydrogen-bond acceptors (Lipinski definition) is 1. The molecule has 0 aliphatic heterocycles. The van der Waals surface area contributed by atoms with Crippen LogP contribution in [0.15, 0.2) is 11.6 Å². The van der Waals surface area contributed by atoms with Crippen molar-refractivity contribution in [3.05, 3.63) is 11.6 Å².